The summed E-state index contributed by atoms with van der Waals surface area (Å²) < 4.78 is 17.9. The predicted octanol–water partition coefficient (Wildman–Crippen LogP) is 1.42. The number of benzene rings is 2. The number of amides is 2. The van der Waals surface area contributed by atoms with Gasteiger partial charge in [-0.1, -0.05) is 60.7 Å². The summed E-state index contributed by atoms with van der Waals surface area (Å²) in [5.41, 5.74) is 2.14. The molecule has 184 valence electrons. The van der Waals surface area contributed by atoms with Gasteiger partial charge >= 0.3 is 0 Å². The van der Waals surface area contributed by atoms with Crippen molar-refractivity contribution < 1.29 is 23.8 Å². The molecule has 2 aromatic carbocycles. The van der Waals surface area contributed by atoms with Crippen molar-refractivity contribution in [3.63, 3.8) is 0 Å². The molecule has 2 aliphatic heterocycles. The molecule has 2 aliphatic rings. The first kappa shape index (κ1) is 24.5. The van der Waals surface area contributed by atoms with Crippen molar-refractivity contribution in [1.82, 2.24) is 15.5 Å². The first-order valence-electron chi connectivity index (χ1n) is 11.4. The van der Waals surface area contributed by atoms with Gasteiger partial charge in [0.15, 0.2) is 12.2 Å². The van der Waals surface area contributed by atoms with E-state index < -0.39 is 12.2 Å². The third-order valence-electron chi connectivity index (χ3n) is 5.35. The van der Waals surface area contributed by atoms with Gasteiger partial charge in [0.05, 0.1) is 32.8 Å². The number of guanidine groups is 1. The number of hydrogen-bond acceptors (Lipinski definition) is 8. The number of nitrogens with one attached hydrogen (secondary N) is 2. The van der Waals surface area contributed by atoms with Crippen LogP contribution in [0.5, 0.6) is 0 Å². The lowest BCUT2D eigenvalue weighted by Gasteiger charge is -2.29. The van der Waals surface area contributed by atoms with Crippen LogP contribution < -0.4 is 10.6 Å². The molecular weight excluding hydrogens is 450 g/mol. The zero-order valence-corrected chi connectivity index (χ0v) is 19.5. The number of fused-ring (bicyclic) bond motifs is 1. The zero-order valence-electron chi connectivity index (χ0n) is 19.5. The van der Waals surface area contributed by atoms with Crippen LogP contribution in [0.4, 0.5) is 0 Å². The number of hydrogen-bond donors (Lipinski definition) is 2. The van der Waals surface area contributed by atoms with Crippen LogP contribution in [0.2, 0.25) is 0 Å². The maximum Gasteiger partial charge on any atom is 0.255 e. The molecule has 2 aromatic rings. The molecule has 2 heterocycles. The number of ether oxygens (including phenoxy) is 3. The highest BCUT2D eigenvalue weighted by molar-refractivity contribution is 6.07. The van der Waals surface area contributed by atoms with E-state index in [1.807, 2.05) is 60.7 Å². The van der Waals surface area contributed by atoms with E-state index in [1.54, 1.807) is 11.2 Å². The average molecular weight is 480 g/mol. The Morgan fingerprint density at radius 3 is 2.20 bits per heavy atom. The van der Waals surface area contributed by atoms with Crippen LogP contribution in [-0.2, 0) is 37.0 Å². The average Bonchev–Trinajstić information content (AvgIpc) is 3.26. The SMILES string of the molecule is CC(=O)NC1=NC2C(N=CN2COC(COCc2ccccc2)COCc2ccccc2)C(=O)N1. The van der Waals surface area contributed by atoms with Crippen LogP contribution >= 0.6 is 0 Å². The molecule has 0 aliphatic carbocycles. The Morgan fingerprint density at radius 1 is 1.03 bits per heavy atom. The number of rotatable bonds is 11. The number of carbonyl (C=O) groups is 2. The molecule has 0 radical (unpaired) electrons. The van der Waals surface area contributed by atoms with Crippen LogP contribution in [0.1, 0.15) is 18.1 Å². The quantitative estimate of drug-likeness (QED) is 0.504. The summed E-state index contributed by atoms with van der Waals surface area (Å²) in [6.45, 7) is 3.04. The van der Waals surface area contributed by atoms with Crippen LogP contribution in [-0.4, -0.2) is 67.3 Å². The van der Waals surface area contributed by atoms with Crippen LogP contribution in [0.25, 0.3) is 0 Å². The summed E-state index contributed by atoms with van der Waals surface area (Å²) >= 11 is 0. The van der Waals surface area contributed by atoms with E-state index in [9.17, 15) is 9.59 Å². The summed E-state index contributed by atoms with van der Waals surface area (Å²) in [4.78, 5) is 34.1. The number of nitrogens with zero attached hydrogens (tertiary/aromatic N) is 3. The summed E-state index contributed by atoms with van der Waals surface area (Å²) in [6, 6.07) is 19.1. The molecular formula is C25H29N5O5. The zero-order chi connectivity index (χ0) is 24.5. The Hall–Kier alpha value is -3.60. The minimum Gasteiger partial charge on any atom is -0.374 e. The van der Waals surface area contributed by atoms with Crippen molar-refractivity contribution in [3.05, 3.63) is 71.8 Å². The number of carbonyl (C=O) groups excluding carboxylic acids is 2. The molecule has 4 rings (SSSR count). The summed E-state index contributed by atoms with van der Waals surface area (Å²) in [5.74, 6) is -0.551. The Kier molecular flexibility index (Phi) is 8.55. The molecule has 0 spiro atoms. The van der Waals surface area contributed by atoms with Crippen molar-refractivity contribution in [2.75, 3.05) is 19.9 Å². The van der Waals surface area contributed by atoms with Crippen molar-refractivity contribution in [3.8, 4) is 0 Å². The van der Waals surface area contributed by atoms with Gasteiger partial charge in [0, 0.05) is 6.92 Å². The third-order valence-corrected chi connectivity index (χ3v) is 5.35. The topological polar surface area (TPSA) is 114 Å². The molecule has 10 heteroatoms. The fraction of sp³-hybridized carbons (Fsp3) is 0.360. The summed E-state index contributed by atoms with van der Waals surface area (Å²) in [6.07, 6.45) is 0.592. The fourth-order valence-electron chi connectivity index (χ4n) is 3.63. The van der Waals surface area contributed by atoms with Gasteiger partial charge < -0.3 is 19.1 Å². The monoisotopic (exact) mass is 479 g/mol. The molecule has 2 N–H and O–H groups in total. The van der Waals surface area contributed by atoms with Crippen molar-refractivity contribution in [2.24, 2.45) is 9.98 Å². The lowest BCUT2D eigenvalue weighted by atomic mass is 10.2. The standard InChI is InChI=1S/C25H29N5O5/c1-18(31)27-25-28-23-22(24(32)29-25)26-16-30(23)17-35-21(14-33-12-19-8-4-2-5-9-19)15-34-13-20-10-6-3-7-11-20/h2-11,16,21-23H,12-15,17H2,1H3,(H2,27,28,29,31,32). The molecule has 35 heavy (non-hydrogen) atoms. The number of aliphatic imine (C=N–C) groups is 2. The molecule has 0 bridgehead atoms. The first-order valence-corrected chi connectivity index (χ1v) is 11.4. The van der Waals surface area contributed by atoms with Crippen LogP contribution in [0, 0.1) is 0 Å². The van der Waals surface area contributed by atoms with E-state index in [-0.39, 0.29) is 30.6 Å². The van der Waals surface area contributed by atoms with Gasteiger partial charge in [-0.2, -0.15) is 0 Å². The Balaban J connectivity index is 1.33. The van der Waals surface area contributed by atoms with Gasteiger partial charge in [-0.25, -0.2) is 4.99 Å². The van der Waals surface area contributed by atoms with Gasteiger partial charge in [0.2, 0.25) is 11.9 Å². The van der Waals surface area contributed by atoms with E-state index >= 15 is 0 Å². The van der Waals surface area contributed by atoms with Gasteiger partial charge in [-0.15, -0.1) is 0 Å². The second-order valence-electron chi connectivity index (χ2n) is 8.20. The second kappa shape index (κ2) is 12.2. The molecule has 0 saturated carbocycles. The Bertz CT molecular complexity index is 1000. The molecule has 10 nitrogen and oxygen atoms in total. The Morgan fingerprint density at radius 2 is 1.63 bits per heavy atom. The summed E-state index contributed by atoms with van der Waals surface area (Å²) in [7, 11) is 0. The lowest BCUT2D eigenvalue weighted by Crippen LogP contribution is -2.56. The maximum atomic E-state index is 12.3. The second-order valence-corrected chi connectivity index (χ2v) is 8.20. The summed E-state index contributed by atoms with van der Waals surface area (Å²) in [5, 5.41) is 5.06. The van der Waals surface area contributed by atoms with E-state index in [0.717, 1.165) is 11.1 Å². The van der Waals surface area contributed by atoms with Crippen molar-refractivity contribution in [1.29, 1.82) is 0 Å². The molecule has 0 fully saturated rings. The van der Waals surface area contributed by atoms with Crippen molar-refractivity contribution in [2.45, 2.75) is 38.4 Å². The molecule has 2 unspecified atom stereocenters. The third kappa shape index (κ3) is 7.19. The normalized spacial score (nSPS) is 18.9. The molecule has 0 saturated heterocycles. The van der Waals surface area contributed by atoms with Crippen molar-refractivity contribution >= 4 is 24.1 Å². The van der Waals surface area contributed by atoms with E-state index in [4.69, 9.17) is 14.2 Å². The lowest BCUT2D eigenvalue weighted by molar-refractivity contribution is -0.123. The fourth-order valence-corrected chi connectivity index (χ4v) is 3.63. The molecule has 2 atom stereocenters. The minimum atomic E-state index is -0.696. The molecule has 2 amide bonds. The van der Waals surface area contributed by atoms with Crippen LogP contribution in [0.3, 0.4) is 0 Å². The largest absolute Gasteiger partial charge is 0.374 e. The predicted molar refractivity (Wildman–Crippen MR) is 129 cm³/mol. The van der Waals surface area contributed by atoms with Crippen LogP contribution in [0.15, 0.2) is 70.6 Å². The highest BCUT2D eigenvalue weighted by atomic mass is 16.6. The minimum absolute atomic E-state index is 0.105. The maximum absolute atomic E-state index is 12.3. The van der Waals surface area contributed by atoms with Gasteiger partial charge in [0.25, 0.3) is 5.91 Å². The first-order chi connectivity index (χ1) is 17.1. The van der Waals surface area contributed by atoms with E-state index in [0.29, 0.717) is 26.4 Å². The highest BCUT2D eigenvalue weighted by Gasteiger charge is 2.40. The molecule has 0 aromatic heterocycles. The van der Waals surface area contributed by atoms with Gasteiger partial charge in [-0.05, 0) is 11.1 Å². The van der Waals surface area contributed by atoms with Gasteiger partial charge in [0.1, 0.15) is 12.8 Å². The van der Waals surface area contributed by atoms with E-state index in [1.165, 1.54) is 6.92 Å². The highest BCUT2D eigenvalue weighted by Crippen LogP contribution is 2.19. The van der Waals surface area contributed by atoms with Gasteiger partial charge in [-0.3, -0.25) is 25.2 Å². The van der Waals surface area contributed by atoms with E-state index in [2.05, 4.69) is 20.6 Å². The Labute approximate surface area is 204 Å². The smallest absolute Gasteiger partial charge is 0.255 e.